The molecule has 0 aliphatic heterocycles. The maximum absolute atomic E-state index is 4.71. The first kappa shape index (κ1) is 14.6. The van der Waals surface area contributed by atoms with Crippen LogP contribution >= 0.6 is 0 Å². The Bertz CT molecular complexity index is 878. The molecule has 1 heterocycles. The molecule has 0 radical (unpaired) electrons. The van der Waals surface area contributed by atoms with Crippen LogP contribution in [0.5, 0.6) is 0 Å². The number of nitrogens with zero attached hydrogens (tertiary/aromatic N) is 1. The standard InChI is InChI=1S/C22H16BN/c1-4-10-17(11-5-1)20-16-23-24-22(19-14-8-3-9-15-19)21(20)18-12-6-2-7-13-18/h1-16H. The Kier molecular flexibility index (Phi) is 4.03. The van der Waals surface area contributed by atoms with Gasteiger partial charge in [-0.3, -0.25) is 0 Å². The van der Waals surface area contributed by atoms with Gasteiger partial charge in [0, 0.05) is 0 Å². The topological polar surface area (TPSA) is 12.9 Å². The summed E-state index contributed by atoms with van der Waals surface area (Å²) < 4.78 is 0. The Labute approximate surface area is 142 Å². The molecule has 0 fully saturated rings. The average Bonchev–Trinajstić information content (AvgIpc) is 2.69. The summed E-state index contributed by atoms with van der Waals surface area (Å²) in [6.07, 6.45) is 0. The van der Waals surface area contributed by atoms with Crippen molar-refractivity contribution in [1.29, 1.82) is 0 Å². The van der Waals surface area contributed by atoms with Crippen molar-refractivity contribution in [3.8, 4) is 33.5 Å². The second-order valence-corrected chi connectivity index (χ2v) is 5.68. The quantitative estimate of drug-likeness (QED) is 0.492. The molecule has 0 unspecified atom stereocenters. The molecule has 0 saturated carbocycles. The molecule has 112 valence electrons. The van der Waals surface area contributed by atoms with Gasteiger partial charge in [-0.1, -0.05) is 0 Å². The molecule has 4 rings (SSSR count). The molecule has 0 amide bonds. The van der Waals surface area contributed by atoms with Crippen molar-refractivity contribution < 1.29 is 0 Å². The monoisotopic (exact) mass is 305 g/mol. The summed E-state index contributed by atoms with van der Waals surface area (Å²) in [4.78, 5) is 4.71. The molecular weight excluding hydrogens is 289 g/mol. The van der Waals surface area contributed by atoms with Gasteiger partial charge in [-0.25, -0.2) is 0 Å². The summed E-state index contributed by atoms with van der Waals surface area (Å²) in [5, 5.41) is 0. The van der Waals surface area contributed by atoms with Crippen LogP contribution in [0.3, 0.4) is 0 Å². The molecule has 4 aromatic rings. The van der Waals surface area contributed by atoms with Gasteiger partial charge in [0.15, 0.2) is 0 Å². The maximum atomic E-state index is 4.71. The van der Waals surface area contributed by atoms with E-state index in [-0.39, 0.29) is 0 Å². The zero-order valence-electron chi connectivity index (χ0n) is 13.3. The number of aromatic nitrogens is 1. The van der Waals surface area contributed by atoms with Crippen molar-refractivity contribution in [2.45, 2.75) is 0 Å². The third-order valence-corrected chi connectivity index (χ3v) is 4.15. The molecule has 2 heteroatoms. The van der Waals surface area contributed by atoms with Gasteiger partial charge in [0.2, 0.25) is 0 Å². The van der Waals surface area contributed by atoms with Gasteiger partial charge in [-0.15, -0.1) is 0 Å². The van der Waals surface area contributed by atoms with Gasteiger partial charge in [0.1, 0.15) is 0 Å². The van der Waals surface area contributed by atoms with Gasteiger partial charge in [-0.05, 0) is 0 Å². The van der Waals surface area contributed by atoms with E-state index in [4.69, 9.17) is 4.89 Å². The van der Waals surface area contributed by atoms with Crippen LogP contribution in [-0.4, -0.2) is 11.9 Å². The van der Waals surface area contributed by atoms with Crippen molar-refractivity contribution >= 4 is 7.05 Å². The van der Waals surface area contributed by atoms with E-state index in [1.54, 1.807) is 0 Å². The second-order valence-electron chi connectivity index (χ2n) is 5.68. The van der Waals surface area contributed by atoms with Crippen LogP contribution in [0.15, 0.2) is 97.0 Å². The van der Waals surface area contributed by atoms with Crippen molar-refractivity contribution in [2.24, 2.45) is 0 Å². The van der Waals surface area contributed by atoms with Crippen LogP contribution in [0.4, 0.5) is 0 Å². The Morgan fingerprint density at radius 2 is 1.04 bits per heavy atom. The summed E-state index contributed by atoms with van der Waals surface area (Å²) in [7, 11) is 1.90. The zero-order valence-corrected chi connectivity index (χ0v) is 13.3. The number of hydrogen-bond acceptors (Lipinski definition) is 1. The van der Waals surface area contributed by atoms with E-state index in [9.17, 15) is 0 Å². The summed E-state index contributed by atoms with van der Waals surface area (Å²) in [6.45, 7) is 0. The second kappa shape index (κ2) is 6.63. The van der Waals surface area contributed by atoms with Crippen LogP contribution in [0.2, 0.25) is 0 Å². The molecular formula is C22H16BN. The van der Waals surface area contributed by atoms with Crippen LogP contribution in [0, 0.1) is 0 Å². The summed E-state index contributed by atoms with van der Waals surface area (Å²) >= 11 is 0. The fraction of sp³-hybridized carbons (Fsp3) is 0. The average molecular weight is 305 g/mol. The predicted molar refractivity (Wildman–Crippen MR) is 102 cm³/mol. The van der Waals surface area contributed by atoms with E-state index >= 15 is 0 Å². The van der Waals surface area contributed by atoms with Crippen molar-refractivity contribution in [1.82, 2.24) is 4.89 Å². The van der Waals surface area contributed by atoms with E-state index in [1.807, 2.05) is 25.3 Å². The Morgan fingerprint density at radius 1 is 0.542 bits per heavy atom. The van der Waals surface area contributed by atoms with Crippen molar-refractivity contribution in [3.05, 3.63) is 97.0 Å². The SMILES string of the molecule is b1cc(-c2ccccc2)c(-c2ccccc2)c(-c2ccccc2)n1. The number of benzene rings is 3. The van der Waals surface area contributed by atoms with E-state index in [0.29, 0.717) is 0 Å². The molecule has 0 N–H and O–H groups in total. The summed E-state index contributed by atoms with van der Waals surface area (Å²) in [5.74, 6) is 2.10. The molecule has 0 saturated heterocycles. The van der Waals surface area contributed by atoms with Crippen LogP contribution in [0.1, 0.15) is 0 Å². The molecule has 24 heavy (non-hydrogen) atoms. The fourth-order valence-electron chi connectivity index (χ4n) is 3.03. The first-order valence-corrected chi connectivity index (χ1v) is 8.09. The first-order valence-electron chi connectivity index (χ1n) is 8.09. The molecule has 0 bridgehead atoms. The summed E-state index contributed by atoms with van der Waals surface area (Å²) in [5.41, 5.74) is 6.92. The minimum atomic E-state index is 1.02. The molecule has 1 nitrogen and oxygen atoms in total. The Balaban J connectivity index is 2.02. The van der Waals surface area contributed by atoms with Gasteiger partial charge < -0.3 is 0 Å². The van der Waals surface area contributed by atoms with E-state index in [1.165, 1.54) is 22.3 Å². The summed E-state index contributed by atoms with van der Waals surface area (Å²) in [6, 6.07) is 31.4. The first-order chi connectivity index (χ1) is 11.9. The third-order valence-electron chi connectivity index (χ3n) is 4.15. The van der Waals surface area contributed by atoms with Gasteiger partial charge in [-0.2, -0.15) is 0 Å². The molecule has 0 atom stereocenters. The molecule has 0 spiro atoms. The normalized spacial score (nSPS) is 10.3. The van der Waals surface area contributed by atoms with Crippen LogP contribution < -0.4 is 0 Å². The Hall–Kier alpha value is -3.00. The molecule has 1 aromatic heterocycles. The number of hydrogen-bond donors (Lipinski definition) is 0. The van der Waals surface area contributed by atoms with Gasteiger partial charge in [0.25, 0.3) is 0 Å². The van der Waals surface area contributed by atoms with E-state index in [2.05, 4.69) is 78.8 Å². The van der Waals surface area contributed by atoms with E-state index < -0.39 is 0 Å². The Morgan fingerprint density at radius 3 is 1.62 bits per heavy atom. The van der Waals surface area contributed by atoms with Crippen molar-refractivity contribution in [3.63, 3.8) is 0 Å². The fourth-order valence-corrected chi connectivity index (χ4v) is 3.03. The zero-order chi connectivity index (χ0) is 16.2. The predicted octanol–water partition coefficient (Wildman–Crippen LogP) is 5.42. The van der Waals surface area contributed by atoms with Gasteiger partial charge >= 0.3 is 142 Å². The molecule has 3 aromatic carbocycles. The molecule has 0 aliphatic rings. The van der Waals surface area contributed by atoms with Crippen LogP contribution in [-0.2, 0) is 0 Å². The molecule has 0 aliphatic carbocycles. The third kappa shape index (κ3) is 2.79. The van der Waals surface area contributed by atoms with E-state index in [0.717, 1.165) is 11.3 Å². The number of rotatable bonds is 3. The van der Waals surface area contributed by atoms with Crippen molar-refractivity contribution in [2.75, 3.05) is 0 Å². The minimum absolute atomic E-state index is 1.02. The van der Waals surface area contributed by atoms with Crippen LogP contribution in [0.25, 0.3) is 33.5 Å². The van der Waals surface area contributed by atoms with Gasteiger partial charge in [0.05, 0.1) is 0 Å².